The molecule has 1 aromatic rings. The van der Waals surface area contributed by atoms with Crippen LogP contribution in [0.2, 0.25) is 0 Å². The van der Waals surface area contributed by atoms with Gasteiger partial charge >= 0.3 is 0 Å². The number of amides is 2. The van der Waals surface area contributed by atoms with Gasteiger partial charge in [-0.25, -0.2) is 0 Å². The molecule has 1 saturated carbocycles. The molecule has 1 aliphatic heterocycles. The zero-order chi connectivity index (χ0) is 15.4. The van der Waals surface area contributed by atoms with Crippen LogP contribution in [0.5, 0.6) is 0 Å². The van der Waals surface area contributed by atoms with Crippen molar-refractivity contribution >= 4 is 17.5 Å². The Morgan fingerprint density at radius 3 is 2.52 bits per heavy atom. The molecule has 21 heavy (non-hydrogen) atoms. The van der Waals surface area contributed by atoms with Gasteiger partial charge in [0.2, 0.25) is 5.91 Å². The Morgan fingerprint density at radius 1 is 1.29 bits per heavy atom. The molecule has 2 aliphatic rings. The lowest BCUT2D eigenvalue weighted by molar-refractivity contribution is -0.138. The molecule has 2 unspecified atom stereocenters. The van der Waals surface area contributed by atoms with Crippen LogP contribution in [0.3, 0.4) is 0 Å². The van der Waals surface area contributed by atoms with Crippen molar-refractivity contribution in [1.29, 1.82) is 0 Å². The second kappa shape index (κ2) is 4.55. The summed E-state index contributed by atoms with van der Waals surface area (Å²) in [6.45, 7) is 7.41. The van der Waals surface area contributed by atoms with E-state index in [1.807, 2.05) is 32.9 Å². The number of carbonyl (C=O) groups excluding carboxylic acids is 2. The Balaban J connectivity index is 2.05. The Labute approximate surface area is 124 Å². The van der Waals surface area contributed by atoms with Crippen molar-refractivity contribution in [3.05, 3.63) is 23.5 Å². The second-order valence-electron chi connectivity index (χ2n) is 6.37. The van der Waals surface area contributed by atoms with Gasteiger partial charge in [-0.05, 0) is 58.6 Å². The maximum absolute atomic E-state index is 13.0. The molecule has 0 spiro atoms. The molecule has 5 nitrogen and oxygen atoms in total. The van der Waals surface area contributed by atoms with E-state index in [2.05, 4.69) is 10.3 Å². The molecule has 1 N–H and O–H groups in total. The van der Waals surface area contributed by atoms with Crippen LogP contribution in [0.25, 0.3) is 0 Å². The normalized spacial score (nSPS) is 29.5. The molecule has 0 radical (unpaired) electrons. The number of pyridine rings is 1. The Bertz CT molecular complexity index is 624. The molecule has 1 saturated heterocycles. The fourth-order valence-corrected chi connectivity index (χ4v) is 3.15. The van der Waals surface area contributed by atoms with Crippen LogP contribution >= 0.6 is 0 Å². The van der Waals surface area contributed by atoms with Crippen LogP contribution in [0.1, 0.15) is 38.1 Å². The number of carbonyl (C=O) groups is 2. The number of nitrogens with one attached hydrogen (secondary N) is 1. The highest BCUT2D eigenvalue weighted by molar-refractivity contribution is 6.11. The predicted octanol–water partition coefficient (Wildman–Crippen LogP) is 1.72. The van der Waals surface area contributed by atoms with Crippen LogP contribution in [-0.2, 0) is 9.59 Å². The number of hydrogen-bond donors (Lipinski definition) is 1. The van der Waals surface area contributed by atoms with E-state index in [1.165, 1.54) is 0 Å². The molecule has 3 rings (SSSR count). The van der Waals surface area contributed by atoms with Gasteiger partial charge in [-0.1, -0.05) is 0 Å². The maximum Gasteiger partial charge on any atom is 0.253 e. The second-order valence-corrected chi connectivity index (χ2v) is 6.37. The molecule has 2 atom stereocenters. The smallest absolute Gasteiger partial charge is 0.253 e. The monoisotopic (exact) mass is 287 g/mol. The molecule has 2 heterocycles. The van der Waals surface area contributed by atoms with E-state index in [1.54, 1.807) is 11.8 Å². The standard InChI is InChI=1S/C16H21N3O2/c1-9-5-8-13(10(2)17-9)19-11(3)14(20)18-16(4,15(19)21)12-6-7-12/h5,8,11-12H,6-7H2,1-4H3,(H,18,20). The highest BCUT2D eigenvalue weighted by Crippen LogP contribution is 2.43. The molecule has 2 fully saturated rings. The lowest BCUT2D eigenvalue weighted by Crippen LogP contribution is -2.70. The van der Waals surface area contributed by atoms with Crippen molar-refractivity contribution in [2.75, 3.05) is 4.90 Å². The van der Waals surface area contributed by atoms with Crippen molar-refractivity contribution in [3.8, 4) is 0 Å². The number of aryl methyl sites for hydroxylation is 2. The summed E-state index contributed by atoms with van der Waals surface area (Å²) >= 11 is 0. The first-order valence-corrected chi connectivity index (χ1v) is 7.44. The Hall–Kier alpha value is -1.91. The van der Waals surface area contributed by atoms with E-state index in [4.69, 9.17) is 0 Å². The first kappa shape index (κ1) is 14.0. The van der Waals surface area contributed by atoms with Crippen molar-refractivity contribution in [1.82, 2.24) is 10.3 Å². The minimum atomic E-state index is -0.777. The van der Waals surface area contributed by atoms with Gasteiger partial charge in [0.15, 0.2) is 0 Å². The van der Waals surface area contributed by atoms with Gasteiger partial charge in [0.05, 0.1) is 11.4 Å². The number of rotatable bonds is 2. The van der Waals surface area contributed by atoms with E-state index in [0.717, 1.165) is 29.9 Å². The average molecular weight is 287 g/mol. The molecule has 112 valence electrons. The highest BCUT2D eigenvalue weighted by atomic mass is 16.2. The van der Waals surface area contributed by atoms with Crippen molar-refractivity contribution in [3.63, 3.8) is 0 Å². The van der Waals surface area contributed by atoms with Crippen LogP contribution < -0.4 is 10.2 Å². The minimum absolute atomic E-state index is 0.0224. The third kappa shape index (κ3) is 2.11. The van der Waals surface area contributed by atoms with Gasteiger partial charge in [0.25, 0.3) is 5.91 Å². The van der Waals surface area contributed by atoms with E-state index in [0.29, 0.717) is 0 Å². The molecule has 1 aliphatic carbocycles. The number of hydrogen-bond acceptors (Lipinski definition) is 3. The molecular formula is C16H21N3O2. The largest absolute Gasteiger partial charge is 0.340 e. The van der Waals surface area contributed by atoms with Gasteiger partial charge in [-0.15, -0.1) is 0 Å². The Morgan fingerprint density at radius 2 is 1.95 bits per heavy atom. The predicted molar refractivity (Wildman–Crippen MR) is 79.9 cm³/mol. The summed E-state index contributed by atoms with van der Waals surface area (Å²) in [6, 6.07) is 3.26. The van der Waals surface area contributed by atoms with E-state index < -0.39 is 11.6 Å². The molecule has 1 aromatic heterocycles. The van der Waals surface area contributed by atoms with Crippen LogP contribution in [0, 0.1) is 19.8 Å². The topological polar surface area (TPSA) is 62.3 Å². The lowest BCUT2D eigenvalue weighted by Gasteiger charge is -2.43. The minimum Gasteiger partial charge on any atom is -0.340 e. The fourth-order valence-electron chi connectivity index (χ4n) is 3.15. The maximum atomic E-state index is 13.0. The number of aromatic nitrogens is 1. The zero-order valence-electron chi connectivity index (χ0n) is 12.9. The van der Waals surface area contributed by atoms with Crippen LogP contribution in [0.15, 0.2) is 12.1 Å². The Kier molecular flexibility index (Phi) is 3.04. The summed E-state index contributed by atoms with van der Waals surface area (Å²) in [5.74, 6) is 0.137. The van der Waals surface area contributed by atoms with E-state index in [-0.39, 0.29) is 17.7 Å². The first-order valence-electron chi connectivity index (χ1n) is 7.44. The average Bonchev–Trinajstić information content (AvgIpc) is 3.24. The summed E-state index contributed by atoms with van der Waals surface area (Å²) in [5.41, 5.74) is 1.65. The summed E-state index contributed by atoms with van der Waals surface area (Å²) in [4.78, 5) is 31.4. The molecule has 0 aromatic carbocycles. The van der Waals surface area contributed by atoms with Crippen molar-refractivity contribution < 1.29 is 9.59 Å². The molecular weight excluding hydrogens is 266 g/mol. The van der Waals surface area contributed by atoms with E-state index >= 15 is 0 Å². The fraction of sp³-hybridized carbons (Fsp3) is 0.562. The van der Waals surface area contributed by atoms with Gasteiger partial charge in [0, 0.05) is 5.69 Å². The third-order valence-electron chi connectivity index (χ3n) is 4.66. The first-order chi connectivity index (χ1) is 9.84. The molecule has 5 heteroatoms. The number of nitrogens with zero attached hydrogens (tertiary/aromatic N) is 2. The summed E-state index contributed by atoms with van der Waals surface area (Å²) in [7, 11) is 0. The van der Waals surface area contributed by atoms with Crippen LogP contribution in [-0.4, -0.2) is 28.4 Å². The quantitative estimate of drug-likeness (QED) is 0.901. The lowest BCUT2D eigenvalue weighted by atomic mass is 9.89. The van der Waals surface area contributed by atoms with Crippen molar-refractivity contribution in [2.24, 2.45) is 5.92 Å². The van der Waals surface area contributed by atoms with Crippen LogP contribution in [0.4, 0.5) is 5.69 Å². The number of anilines is 1. The summed E-state index contributed by atoms with van der Waals surface area (Å²) < 4.78 is 0. The summed E-state index contributed by atoms with van der Waals surface area (Å²) in [5, 5.41) is 2.93. The summed E-state index contributed by atoms with van der Waals surface area (Å²) in [6.07, 6.45) is 1.99. The zero-order valence-corrected chi connectivity index (χ0v) is 12.9. The van der Waals surface area contributed by atoms with Gasteiger partial charge < -0.3 is 5.32 Å². The van der Waals surface area contributed by atoms with Gasteiger partial charge in [0.1, 0.15) is 11.6 Å². The molecule has 2 amide bonds. The van der Waals surface area contributed by atoms with Gasteiger partial charge in [-0.2, -0.15) is 0 Å². The third-order valence-corrected chi connectivity index (χ3v) is 4.66. The highest BCUT2D eigenvalue weighted by Gasteiger charge is 2.55. The molecule has 0 bridgehead atoms. The number of piperazine rings is 1. The van der Waals surface area contributed by atoms with Crippen molar-refractivity contribution in [2.45, 2.75) is 52.1 Å². The van der Waals surface area contributed by atoms with E-state index in [9.17, 15) is 9.59 Å². The van der Waals surface area contributed by atoms with Gasteiger partial charge in [-0.3, -0.25) is 19.5 Å². The SMILES string of the molecule is Cc1ccc(N2C(=O)C(C)(C3CC3)NC(=O)C2C)c(C)n1.